The number of hydrogen-bond acceptors (Lipinski definition) is 2. The van der Waals surface area contributed by atoms with Crippen LogP contribution in [0.1, 0.15) is 5.82 Å². The van der Waals surface area contributed by atoms with E-state index in [0.717, 1.165) is 15.8 Å². The van der Waals surface area contributed by atoms with E-state index < -0.39 is 0 Å². The maximum Gasteiger partial charge on any atom is 0.217 e. The molecule has 0 aliphatic carbocycles. The summed E-state index contributed by atoms with van der Waals surface area (Å²) in [6.45, 7) is 0. The summed E-state index contributed by atoms with van der Waals surface area (Å²) in [5.74, 6) is 0.670. The van der Waals surface area contributed by atoms with E-state index in [-0.39, 0.29) is 0 Å². The van der Waals surface area contributed by atoms with Gasteiger partial charge in [-0.05, 0) is 12.1 Å². The summed E-state index contributed by atoms with van der Waals surface area (Å²) in [6.07, 6.45) is 1.46. The van der Waals surface area contributed by atoms with E-state index in [9.17, 15) is 5.21 Å². The Morgan fingerprint density at radius 3 is 2.79 bits per heavy atom. The molecule has 4 nitrogen and oxygen atoms in total. The molecule has 0 N–H and O–H groups in total. The lowest BCUT2D eigenvalue weighted by Gasteiger charge is -1.96. The molecule has 72 valence electrons. The first kappa shape index (κ1) is 8.74. The molecule has 0 amide bonds. The van der Waals surface area contributed by atoms with Crippen molar-refractivity contribution in [2.45, 2.75) is 0 Å². The zero-order valence-corrected chi connectivity index (χ0v) is 8.14. The van der Waals surface area contributed by atoms with Crippen LogP contribution in [0.2, 0.25) is 0 Å². The Morgan fingerprint density at radius 2 is 2.14 bits per heavy atom. The molecular weight excluding hydrogens is 178 g/mol. The average molecular weight is 189 g/mol. The molecule has 0 spiro atoms. The Kier molecular flexibility index (Phi) is 1.96. The van der Waals surface area contributed by atoms with Gasteiger partial charge in [-0.15, -0.1) is 0 Å². The zero-order valence-electron chi connectivity index (χ0n) is 8.14. The third kappa shape index (κ3) is 1.35. The van der Waals surface area contributed by atoms with Gasteiger partial charge < -0.3 is 9.77 Å². The van der Waals surface area contributed by atoms with E-state index in [1.54, 1.807) is 0 Å². The number of para-hydroxylation sites is 2. The van der Waals surface area contributed by atoms with Crippen LogP contribution in [0.3, 0.4) is 0 Å². The van der Waals surface area contributed by atoms with Crippen LogP contribution in [0.4, 0.5) is 0 Å². The topological polar surface area (TPSA) is 43.9 Å². The van der Waals surface area contributed by atoms with Crippen molar-refractivity contribution in [3.8, 4) is 0 Å². The van der Waals surface area contributed by atoms with E-state index in [4.69, 9.17) is 0 Å². The molecule has 4 heteroatoms. The van der Waals surface area contributed by atoms with Gasteiger partial charge in [0.25, 0.3) is 0 Å². The van der Waals surface area contributed by atoms with Gasteiger partial charge in [-0.1, -0.05) is 12.1 Å². The highest BCUT2D eigenvalue weighted by Crippen LogP contribution is 2.12. The van der Waals surface area contributed by atoms with Crippen molar-refractivity contribution in [1.82, 2.24) is 9.55 Å². The molecule has 0 bridgehead atoms. The Bertz CT molecular complexity index is 495. The van der Waals surface area contributed by atoms with Gasteiger partial charge in [0.05, 0.1) is 11.0 Å². The third-order valence-electron chi connectivity index (χ3n) is 2.12. The Morgan fingerprint density at radius 1 is 1.43 bits per heavy atom. The predicted octanol–water partition coefficient (Wildman–Crippen LogP) is 1.13. The van der Waals surface area contributed by atoms with Gasteiger partial charge in [0.1, 0.15) is 7.05 Å². The number of aromatic nitrogens is 2. The fraction of sp³-hybridized carbons (Fsp3) is 0.200. The number of benzene rings is 1. The van der Waals surface area contributed by atoms with Crippen LogP contribution in [-0.2, 0) is 7.05 Å². The normalized spacial score (nSPS) is 12.3. The first-order chi connectivity index (χ1) is 6.68. The Balaban J connectivity index is 2.69. The predicted molar refractivity (Wildman–Crippen MR) is 55.4 cm³/mol. The Hall–Kier alpha value is -1.84. The minimum absolute atomic E-state index is 0.670. The van der Waals surface area contributed by atoms with Gasteiger partial charge in [0.2, 0.25) is 6.21 Å². The highest BCUT2D eigenvalue weighted by Gasteiger charge is 2.06. The molecule has 0 unspecified atom stereocenters. The van der Waals surface area contributed by atoms with Crippen LogP contribution in [-0.4, -0.2) is 27.6 Å². The van der Waals surface area contributed by atoms with Crippen LogP contribution >= 0.6 is 0 Å². The summed E-state index contributed by atoms with van der Waals surface area (Å²) < 4.78 is 2.64. The first-order valence-electron chi connectivity index (χ1n) is 4.35. The molecule has 14 heavy (non-hydrogen) atoms. The molecule has 0 saturated heterocycles. The van der Waals surface area contributed by atoms with Crippen LogP contribution in [0.15, 0.2) is 24.3 Å². The molecule has 0 aliphatic rings. The van der Waals surface area contributed by atoms with Crippen molar-refractivity contribution in [2.75, 3.05) is 7.05 Å². The number of rotatable bonds is 1. The van der Waals surface area contributed by atoms with Gasteiger partial charge in [-0.3, -0.25) is 0 Å². The SMILES string of the molecule is Cn1c(/C=[N+](\C)[O-])nc2ccccc21. The van der Waals surface area contributed by atoms with Gasteiger partial charge in [0, 0.05) is 7.05 Å². The van der Waals surface area contributed by atoms with Crippen LogP contribution < -0.4 is 0 Å². The molecule has 0 fully saturated rings. The van der Waals surface area contributed by atoms with Crippen LogP contribution in [0.5, 0.6) is 0 Å². The number of hydrogen-bond donors (Lipinski definition) is 0. The lowest BCUT2D eigenvalue weighted by atomic mass is 10.3. The molecule has 2 aromatic rings. The number of aryl methyl sites for hydroxylation is 1. The minimum Gasteiger partial charge on any atom is -0.624 e. The molecule has 0 atom stereocenters. The van der Waals surface area contributed by atoms with Crippen molar-refractivity contribution in [3.63, 3.8) is 0 Å². The standard InChI is InChI=1S/C10H11N3O/c1-12(14)7-10-11-8-5-3-4-6-9(8)13(10)2/h3-7H,1-2H3/b12-7+. The second kappa shape index (κ2) is 3.14. The first-order valence-corrected chi connectivity index (χ1v) is 4.35. The van der Waals surface area contributed by atoms with E-state index in [2.05, 4.69) is 4.98 Å². The fourth-order valence-corrected chi connectivity index (χ4v) is 1.44. The molecule has 0 radical (unpaired) electrons. The van der Waals surface area contributed by atoms with Gasteiger partial charge in [-0.2, -0.15) is 0 Å². The largest absolute Gasteiger partial charge is 0.624 e. The molecule has 0 saturated carbocycles. The van der Waals surface area contributed by atoms with Gasteiger partial charge in [-0.25, -0.2) is 9.72 Å². The van der Waals surface area contributed by atoms with Crippen molar-refractivity contribution >= 4 is 17.2 Å². The number of hydroxylamine groups is 1. The second-order valence-electron chi connectivity index (χ2n) is 3.19. The summed E-state index contributed by atoms with van der Waals surface area (Å²) in [6, 6.07) is 7.79. The molecular formula is C10H11N3O. The van der Waals surface area contributed by atoms with Crippen molar-refractivity contribution in [1.29, 1.82) is 0 Å². The van der Waals surface area contributed by atoms with Crippen molar-refractivity contribution < 1.29 is 4.74 Å². The number of fused-ring (bicyclic) bond motifs is 1. The zero-order chi connectivity index (χ0) is 10.1. The third-order valence-corrected chi connectivity index (χ3v) is 2.12. The molecule has 2 rings (SSSR count). The average Bonchev–Trinajstić information content (AvgIpc) is 2.44. The van der Waals surface area contributed by atoms with Gasteiger partial charge in [0.15, 0.2) is 5.82 Å². The Labute approximate surface area is 81.7 Å². The van der Waals surface area contributed by atoms with E-state index >= 15 is 0 Å². The van der Waals surface area contributed by atoms with Crippen LogP contribution in [0, 0.1) is 5.21 Å². The van der Waals surface area contributed by atoms with Crippen LogP contribution in [0.25, 0.3) is 11.0 Å². The summed E-state index contributed by atoms with van der Waals surface area (Å²) in [5, 5.41) is 10.8. The molecule has 1 aromatic carbocycles. The minimum atomic E-state index is 0.670. The van der Waals surface area contributed by atoms with E-state index in [0.29, 0.717) is 5.82 Å². The number of imidazole rings is 1. The second-order valence-corrected chi connectivity index (χ2v) is 3.19. The van der Waals surface area contributed by atoms with Crippen molar-refractivity contribution in [2.24, 2.45) is 7.05 Å². The molecule has 1 heterocycles. The molecule has 0 aliphatic heterocycles. The lowest BCUT2D eigenvalue weighted by Crippen LogP contribution is -2.03. The van der Waals surface area contributed by atoms with Crippen molar-refractivity contribution in [3.05, 3.63) is 35.3 Å². The summed E-state index contributed by atoms with van der Waals surface area (Å²) in [5.41, 5.74) is 1.93. The fourth-order valence-electron chi connectivity index (χ4n) is 1.44. The summed E-state index contributed by atoms with van der Waals surface area (Å²) >= 11 is 0. The van der Waals surface area contributed by atoms with E-state index in [1.807, 2.05) is 35.9 Å². The molecule has 1 aromatic heterocycles. The van der Waals surface area contributed by atoms with Gasteiger partial charge >= 0.3 is 0 Å². The monoisotopic (exact) mass is 189 g/mol. The summed E-state index contributed by atoms with van der Waals surface area (Å²) in [7, 11) is 3.34. The summed E-state index contributed by atoms with van der Waals surface area (Å²) in [4.78, 5) is 4.32. The quantitative estimate of drug-likeness (QED) is 0.292. The highest BCUT2D eigenvalue weighted by atomic mass is 16.5. The lowest BCUT2D eigenvalue weighted by molar-refractivity contribution is -0.417. The highest BCUT2D eigenvalue weighted by molar-refractivity contribution is 5.83. The maximum absolute atomic E-state index is 10.8. The smallest absolute Gasteiger partial charge is 0.217 e. The maximum atomic E-state index is 10.8. The number of nitrogens with zero attached hydrogens (tertiary/aromatic N) is 3. The van der Waals surface area contributed by atoms with E-state index in [1.165, 1.54) is 13.3 Å².